The number of hydrogen-bond acceptors (Lipinski definition) is 5. The molecule has 134 valence electrons. The molecular formula is C18H16FN3O3S. The minimum atomic E-state index is -0.461. The predicted octanol–water partition coefficient (Wildman–Crippen LogP) is 3.74. The summed E-state index contributed by atoms with van der Waals surface area (Å²) in [5, 5.41) is 3.11. The first-order valence-corrected chi connectivity index (χ1v) is 8.86. The Morgan fingerprint density at radius 2 is 2.08 bits per heavy atom. The number of urea groups is 1. The average Bonchev–Trinajstić information content (AvgIpc) is 3.02. The molecule has 0 bridgehead atoms. The van der Waals surface area contributed by atoms with Crippen molar-refractivity contribution in [3.05, 3.63) is 48.3 Å². The molecular weight excluding hydrogens is 357 g/mol. The van der Waals surface area contributed by atoms with E-state index in [1.54, 1.807) is 24.1 Å². The zero-order valence-electron chi connectivity index (χ0n) is 13.9. The molecule has 1 aromatic heterocycles. The van der Waals surface area contributed by atoms with Gasteiger partial charge in [-0.3, -0.25) is 0 Å². The molecule has 1 saturated heterocycles. The Kier molecular flexibility index (Phi) is 4.34. The predicted molar refractivity (Wildman–Crippen MR) is 97.6 cm³/mol. The zero-order chi connectivity index (χ0) is 18.1. The SMILES string of the molecule is COc1cccc2sc(OC3CN(C(=O)Nc4ccccc4F)C3)nc12. The van der Waals surface area contributed by atoms with Crippen LogP contribution in [-0.4, -0.2) is 42.2 Å². The number of likely N-dealkylation sites (tertiary alicyclic amines) is 1. The molecule has 26 heavy (non-hydrogen) atoms. The number of hydrogen-bond donors (Lipinski definition) is 1. The number of carbonyl (C=O) groups excluding carboxylic acids is 1. The third kappa shape index (κ3) is 3.15. The highest BCUT2D eigenvalue weighted by Crippen LogP contribution is 2.34. The number of nitrogens with zero attached hydrogens (tertiary/aromatic N) is 2. The van der Waals surface area contributed by atoms with Gasteiger partial charge in [-0.05, 0) is 24.3 Å². The van der Waals surface area contributed by atoms with Gasteiger partial charge in [-0.2, -0.15) is 4.98 Å². The van der Waals surface area contributed by atoms with Gasteiger partial charge in [0.25, 0.3) is 5.19 Å². The van der Waals surface area contributed by atoms with Crippen LogP contribution >= 0.6 is 11.3 Å². The zero-order valence-corrected chi connectivity index (χ0v) is 14.8. The molecule has 0 atom stereocenters. The van der Waals surface area contributed by atoms with Crippen molar-refractivity contribution in [2.75, 3.05) is 25.5 Å². The molecule has 1 fully saturated rings. The molecule has 1 N–H and O–H groups in total. The molecule has 0 unspecified atom stereocenters. The van der Waals surface area contributed by atoms with E-state index >= 15 is 0 Å². The lowest BCUT2D eigenvalue weighted by atomic mass is 10.2. The Labute approximate surface area is 153 Å². The van der Waals surface area contributed by atoms with Crippen molar-refractivity contribution in [2.24, 2.45) is 0 Å². The van der Waals surface area contributed by atoms with E-state index < -0.39 is 5.82 Å². The first-order valence-electron chi connectivity index (χ1n) is 8.04. The number of para-hydroxylation sites is 2. The monoisotopic (exact) mass is 373 g/mol. The molecule has 0 radical (unpaired) electrons. The molecule has 2 amide bonds. The summed E-state index contributed by atoms with van der Waals surface area (Å²) in [6, 6.07) is 11.4. The van der Waals surface area contributed by atoms with E-state index in [0.717, 1.165) is 10.2 Å². The molecule has 1 aliphatic rings. The summed E-state index contributed by atoms with van der Waals surface area (Å²) in [5.74, 6) is 0.241. The second-order valence-corrected chi connectivity index (χ2v) is 6.83. The lowest BCUT2D eigenvalue weighted by Crippen LogP contribution is -2.57. The smallest absolute Gasteiger partial charge is 0.322 e. The largest absolute Gasteiger partial charge is 0.494 e. The number of anilines is 1. The molecule has 0 aliphatic carbocycles. The van der Waals surface area contributed by atoms with Crippen LogP contribution in [0.2, 0.25) is 0 Å². The lowest BCUT2D eigenvalue weighted by molar-refractivity contribution is 0.0492. The van der Waals surface area contributed by atoms with Gasteiger partial charge in [0.1, 0.15) is 23.2 Å². The first-order chi connectivity index (χ1) is 12.6. The fourth-order valence-electron chi connectivity index (χ4n) is 2.70. The van der Waals surface area contributed by atoms with Gasteiger partial charge < -0.3 is 19.7 Å². The summed E-state index contributed by atoms with van der Waals surface area (Å²) in [7, 11) is 1.60. The standard InChI is InChI=1S/C18H16FN3O3S/c1-24-14-7-4-8-15-16(14)21-18(26-15)25-11-9-22(10-11)17(23)20-13-6-3-2-5-12(13)19/h2-8,11H,9-10H2,1H3,(H,20,23). The topological polar surface area (TPSA) is 63.7 Å². The van der Waals surface area contributed by atoms with E-state index in [1.807, 2.05) is 18.2 Å². The van der Waals surface area contributed by atoms with Crippen molar-refractivity contribution < 1.29 is 18.7 Å². The molecule has 6 nitrogen and oxygen atoms in total. The summed E-state index contributed by atoms with van der Waals surface area (Å²) < 4.78 is 25.7. The number of amides is 2. The summed E-state index contributed by atoms with van der Waals surface area (Å²) in [4.78, 5) is 18.2. The van der Waals surface area contributed by atoms with Crippen LogP contribution in [0.5, 0.6) is 10.9 Å². The lowest BCUT2D eigenvalue weighted by Gasteiger charge is -2.38. The maximum absolute atomic E-state index is 13.6. The highest BCUT2D eigenvalue weighted by molar-refractivity contribution is 7.20. The van der Waals surface area contributed by atoms with E-state index in [0.29, 0.717) is 24.0 Å². The van der Waals surface area contributed by atoms with Crippen molar-refractivity contribution in [3.63, 3.8) is 0 Å². The minimum Gasteiger partial charge on any atom is -0.494 e. The fourth-order valence-corrected chi connectivity index (χ4v) is 3.59. The number of halogens is 1. The van der Waals surface area contributed by atoms with Crippen molar-refractivity contribution in [1.82, 2.24) is 9.88 Å². The summed E-state index contributed by atoms with van der Waals surface area (Å²) in [6.45, 7) is 0.848. The summed E-state index contributed by atoms with van der Waals surface area (Å²) >= 11 is 1.44. The normalized spacial score (nSPS) is 14.2. The van der Waals surface area contributed by atoms with E-state index in [2.05, 4.69) is 10.3 Å². The van der Waals surface area contributed by atoms with Crippen LogP contribution in [0.1, 0.15) is 0 Å². The first kappa shape index (κ1) is 16.6. The van der Waals surface area contributed by atoms with E-state index in [1.165, 1.54) is 23.5 Å². The van der Waals surface area contributed by atoms with Crippen molar-refractivity contribution >= 4 is 33.3 Å². The van der Waals surface area contributed by atoms with Gasteiger partial charge in [0.2, 0.25) is 0 Å². The van der Waals surface area contributed by atoms with Crippen LogP contribution < -0.4 is 14.8 Å². The molecule has 2 heterocycles. The summed E-state index contributed by atoms with van der Waals surface area (Å²) in [6.07, 6.45) is -0.132. The van der Waals surface area contributed by atoms with Gasteiger partial charge in [0.05, 0.1) is 30.6 Å². The third-order valence-corrected chi connectivity index (χ3v) is 5.01. The van der Waals surface area contributed by atoms with E-state index in [4.69, 9.17) is 9.47 Å². The van der Waals surface area contributed by atoms with Crippen LogP contribution in [0, 0.1) is 5.82 Å². The Morgan fingerprint density at radius 1 is 1.27 bits per heavy atom. The Hall–Kier alpha value is -2.87. The molecule has 3 aromatic rings. The average molecular weight is 373 g/mol. The number of aromatic nitrogens is 1. The van der Waals surface area contributed by atoms with Gasteiger partial charge in [-0.25, -0.2) is 9.18 Å². The molecule has 0 saturated carbocycles. The number of methoxy groups -OCH3 is 1. The summed E-state index contributed by atoms with van der Waals surface area (Å²) in [5.41, 5.74) is 0.934. The molecule has 1 aliphatic heterocycles. The Balaban J connectivity index is 1.35. The van der Waals surface area contributed by atoms with Gasteiger partial charge in [0.15, 0.2) is 0 Å². The quantitative estimate of drug-likeness (QED) is 0.757. The fraction of sp³-hybridized carbons (Fsp3) is 0.222. The highest BCUT2D eigenvalue weighted by Gasteiger charge is 2.33. The highest BCUT2D eigenvalue weighted by atomic mass is 32.1. The number of thiazole rings is 1. The maximum Gasteiger partial charge on any atom is 0.322 e. The molecule has 8 heteroatoms. The Morgan fingerprint density at radius 3 is 2.85 bits per heavy atom. The van der Waals surface area contributed by atoms with Crippen LogP contribution in [0.25, 0.3) is 10.2 Å². The number of benzene rings is 2. The minimum absolute atomic E-state index is 0.132. The van der Waals surface area contributed by atoms with Crippen molar-refractivity contribution in [3.8, 4) is 10.9 Å². The number of carbonyl (C=O) groups is 1. The van der Waals surface area contributed by atoms with Crippen LogP contribution in [0.3, 0.4) is 0 Å². The number of ether oxygens (including phenoxy) is 2. The van der Waals surface area contributed by atoms with Gasteiger partial charge in [0, 0.05) is 0 Å². The molecule has 4 rings (SSSR count). The van der Waals surface area contributed by atoms with Crippen LogP contribution in [0.15, 0.2) is 42.5 Å². The Bertz CT molecular complexity index is 956. The maximum atomic E-state index is 13.6. The van der Waals surface area contributed by atoms with Gasteiger partial charge >= 0.3 is 6.03 Å². The second-order valence-electron chi connectivity index (χ2n) is 5.84. The van der Waals surface area contributed by atoms with E-state index in [9.17, 15) is 9.18 Å². The number of fused-ring (bicyclic) bond motifs is 1. The molecule has 2 aromatic carbocycles. The number of rotatable bonds is 4. The van der Waals surface area contributed by atoms with Crippen molar-refractivity contribution in [1.29, 1.82) is 0 Å². The van der Waals surface area contributed by atoms with Crippen LogP contribution in [-0.2, 0) is 0 Å². The van der Waals surface area contributed by atoms with Crippen LogP contribution in [0.4, 0.5) is 14.9 Å². The third-order valence-electron chi connectivity index (χ3n) is 4.10. The second kappa shape index (κ2) is 6.80. The number of nitrogens with one attached hydrogen (secondary N) is 1. The molecule has 0 spiro atoms. The van der Waals surface area contributed by atoms with Crippen molar-refractivity contribution in [2.45, 2.75) is 6.10 Å². The van der Waals surface area contributed by atoms with Gasteiger partial charge in [-0.15, -0.1) is 0 Å². The van der Waals surface area contributed by atoms with Gasteiger partial charge in [-0.1, -0.05) is 29.5 Å². The van der Waals surface area contributed by atoms with E-state index in [-0.39, 0.29) is 17.8 Å².